The Labute approximate surface area is 167 Å². The van der Waals surface area contributed by atoms with Gasteiger partial charge in [0.2, 0.25) is 0 Å². The van der Waals surface area contributed by atoms with E-state index in [-0.39, 0.29) is 5.82 Å². The lowest BCUT2D eigenvalue weighted by Gasteiger charge is -2.24. The van der Waals surface area contributed by atoms with Crippen LogP contribution in [0.1, 0.15) is 43.4 Å². The fraction of sp³-hybridized carbons (Fsp3) is 0.308. The van der Waals surface area contributed by atoms with E-state index < -0.39 is 0 Å². The predicted octanol–water partition coefficient (Wildman–Crippen LogP) is 6.00. The Morgan fingerprint density at radius 1 is 1.07 bits per heavy atom. The van der Waals surface area contributed by atoms with Gasteiger partial charge in [-0.15, -0.1) is 0 Å². The molecule has 142 valence electrons. The third-order valence-corrected chi connectivity index (χ3v) is 5.11. The maximum absolute atomic E-state index is 15.0. The number of hydrogen-bond acceptors (Lipinski definition) is 1. The largest absolute Gasteiger partial charge is 0.378 e. The maximum atomic E-state index is 15.0. The number of hydrogen-bond donors (Lipinski definition) is 0. The second kappa shape index (κ2) is 9.41. The molecular formula is C26H25FO. The predicted molar refractivity (Wildman–Crippen MR) is 114 cm³/mol. The molecule has 1 saturated heterocycles. The van der Waals surface area contributed by atoms with Gasteiger partial charge in [0.1, 0.15) is 5.82 Å². The van der Waals surface area contributed by atoms with Gasteiger partial charge in [0.25, 0.3) is 0 Å². The van der Waals surface area contributed by atoms with Gasteiger partial charge >= 0.3 is 0 Å². The molecule has 1 fully saturated rings. The molecule has 0 N–H and O–H groups in total. The van der Waals surface area contributed by atoms with Crippen LogP contribution < -0.4 is 0 Å². The molecule has 1 aliphatic rings. The zero-order valence-electron chi connectivity index (χ0n) is 16.7. The minimum absolute atomic E-state index is 0.175. The molecule has 0 aliphatic carbocycles. The number of rotatable bonds is 3. The minimum Gasteiger partial charge on any atom is -0.378 e. The van der Waals surface area contributed by atoms with Crippen LogP contribution in [0.4, 0.5) is 4.39 Å². The summed E-state index contributed by atoms with van der Waals surface area (Å²) >= 11 is 0. The summed E-state index contributed by atoms with van der Waals surface area (Å²) in [5.41, 5.74) is 3.91. The van der Waals surface area contributed by atoms with Gasteiger partial charge in [-0.2, -0.15) is 0 Å². The Morgan fingerprint density at radius 3 is 2.54 bits per heavy atom. The SMILES string of the molecule is CC#CC#Cc1ccc(-c2ccc(/C=C/C3CCC(C)OC3)c(C)c2F)cc1. The molecule has 0 bridgehead atoms. The topological polar surface area (TPSA) is 9.23 Å². The first-order valence-corrected chi connectivity index (χ1v) is 9.70. The van der Waals surface area contributed by atoms with Crippen molar-refractivity contribution in [2.24, 2.45) is 5.92 Å². The van der Waals surface area contributed by atoms with Gasteiger partial charge < -0.3 is 4.74 Å². The first-order valence-electron chi connectivity index (χ1n) is 9.70. The average molecular weight is 372 g/mol. The second-order valence-corrected chi connectivity index (χ2v) is 7.18. The van der Waals surface area contributed by atoms with Crippen molar-refractivity contribution in [3.05, 3.63) is 65.0 Å². The molecule has 2 aromatic carbocycles. The summed E-state index contributed by atoms with van der Waals surface area (Å²) in [5.74, 6) is 11.4. The zero-order chi connectivity index (χ0) is 19.9. The van der Waals surface area contributed by atoms with Crippen LogP contribution in [-0.2, 0) is 4.74 Å². The Bertz CT molecular complexity index is 969. The Balaban J connectivity index is 1.78. The monoisotopic (exact) mass is 372 g/mol. The summed E-state index contributed by atoms with van der Waals surface area (Å²) in [4.78, 5) is 0. The van der Waals surface area contributed by atoms with Crippen LogP contribution in [0.5, 0.6) is 0 Å². The lowest BCUT2D eigenvalue weighted by Crippen LogP contribution is -2.22. The van der Waals surface area contributed by atoms with Gasteiger partial charge in [-0.3, -0.25) is 0 Å². The van der Waals surface area contributed by atoms with Crippen molar-refractivity contribution in [3.8, 4) is 34.8 Å². The maximum Gasteiger partial charge on any atom is 0.134 e. The van der Waals surface area contributed by atoms with Crippen molar-refractivity contribution in [2.45, 2.75) is 39.7 Å². The van der Waals surface area contributed by atoms with Crippen molar-refractivity contribution in [1.29, 1.82) is 0 Å². The van der Waals surface area contributed by atoms with E-state index in [0.717, 1.165) is 36.1 Å². The van der Waals surface area contributed by atoms with Crippen molar-refractivity contribution < 1.29 is 9.13 Å². The van der Waals surface area contributed by atoms with Gasteiger partial charge in [-0.25, -0.2) is 4.39 Å². The van der Waals surface area contributed by atoms with E-state index in [1.807, 2.05) is 49.4 Å². The van der Waals surface area contributed by atoms with Gasteiger partial charge in [0, 0.05) is 17.0 Å². The van der Waals surface area contributed by atoms with Gasteiger partial charge in [-0.05, 0) is 74.3 Å². The molecule has 28 heavy (non-hydrogen) atoms. The summed E-state index contributed by atoms with van der Waals surface area (Å²) in [5, 5.41) is 0. The molecule has 0 amide bonds. The van der Waals surface area contributed by atoms with Crippen LogP contribution in [0.2, 0.25) is 0 Å². The van der Waals surface area contributed by atoms with Crippen molar-refractivity contribution >= 4 is 6.08 Å². The normalized spacial score (nSPS) is 18.9. The molecule has 0 aromatic heterocycles. The van der Waals surface area contributed by atoms with Crippen molar-refractivity contribution in [3.63, 3.8) is 0 Å². The fourth-order valence-corrected chi connectivity index (χ4v) is 3.30. The number of benzene rings is 2. The molecule has 0 saturated carbocycles. The molecular weight excluding hydrogens is 347 g/mol. The molecule has 1 aliphatic heterocycles. The first-order chi connectivity index (χ1) is 13.6. The molecule has 1 heterocycles. The third kappa shape index (κ3) is 4.92. The van der Waals surface area contributed by atoms with E-state index in [2.05, 4.69) is 36.7 Å². The van der Waals surface area contributed by atoms with E-state index in [0.29, 0.717) is 23.1 Å². The van der Waals surface area contributed by atoms with E-state index in [4.69, 9.17) is 4.74 Å². The molecule has 1 nitrogen and oxygen atoms in total. The van der Waals surface area contributed by atoms with Gasteiger partial charge in [-0.1, -0.05) is 48.3 Å². The summed E-state index contributed by atoms with van der Waals surface area (Å²) in [7, 11) is 0. The molecule has 2 unspecified atom stereocenters. The van der Waals surface area contributed by atoms with E-state index in [1.165, 1.54) is 0 Å². The van der Waals surface area contributed by atoms with E-state index in [1.54, 1.807) is 6.92 Å². The highest BCUT2D eigenvalue weighted by atomic mass is 19.1. The van der Waals surface area contributed by atoms with Gasteiger partial charge in [0.15, 0.2) is 0 Å². The van der Waals surface area contributed by atoms with Gasteiger partial charge in [0.05, 0.1) is 12.7 Å². The lowest BCUT2D eigenvalue weighted by atomic mass is 9.95. The lowest BCUT2D eigenvalue weighted by molar-refractivity contribution is 0.00785. The Kier molecular flexibility index (Phi) is 6.70. The Morgan fingerprint density at radius 2 is 1.86 bits per heavy atom. The second-order valence-electron chi connectivity index (χ2n) is 7.18. The zero-order valence-corrected chi connectivity index (χ0v) is 16.7. The third-order valence-electron chi connectivity index (χ3n) is 5.11. The van der Waals surface area contributed by atoms with Crippen LogP contribution in [0.25, 0.3) is 17.2 Å². The number of halogens is 1. The highest BCUT2D eigenvalue weighted by Gasteiger charge is 2.16. The molecule has 2 atom stereocenters. The van der Waals surface area contributed by atoms with Crippen LogP contribution in [0.3, 0.4) is 0 Å². The molecule has 0 spiro atoms. The van der Waals surface area contributed by atoms with Crippen LogP contribution >= 0.6 is 0 Å². The summed E-state index contributed by atoms with van der Waals surface area (Å²) < 4.78 is 20.7. The first kappa shape index (κ1) is 19.9. The van der Waals surface area contributed by atoms with E-state index in [9.17, 15) is 0 Å². The molecule has 0 radical (unpaired) electrons. The number of ether oxygens (including phenoxy) is 1. The highest BCUT2D eigenvalue weighted by Crippen LogP contribution is 2.28. The Hall–Kier alpha value is -2.81. The van der Waals surface area contributed by atoms with E-state index >= 15 is 4.39 Å². The standard InChI is InChI=1S/C26H25FO/c1-4-5-6-7-21-10-14-24(15-11-21)25-17-16-23(20(3)26(25)27)13-12-22-9-8-19(2)28-18-22/h10-17,19,22H,8-9,18H2,1-3H3/b13-12+. The van der Waals surface area contributed by atoms with Crippen molar-refractivity contribution in [2.75, 3.05) is 6.61 Å². The molecule has 2 heteroatoms. The molecule has 3 rings (SSSR count). The summed E-state index contributed by atoms with van der Waals surface area (Å²) in [6, 6.07) is 11.4. The minimum atomic E-state index is -0.175. The van der Waals surface area contributed by atoms with Crippen molar-refractivity contribution in [1.82, 2.24) is 0 Å². The smallest absolute Gasteiger partial charge is 0.134 e. The average Bonchev–Trinajstić information content (AvgIpc) is 2.71. The highest BCUT2D eigenvalue weighted by molar-refractivity contribution is 5.69. The summed E-state index contributed by atoms with van der Waals surface area (Å²) in [6.07, 6.45) is 6.72. The quantitative estimate of drug-likeness (QED) is 0.600. The van der Waals surface area contributed by atoms with Crippen LogP contribution in [0, 0.1) is 42.3 Å². The molecule has 2 aromatic rings. The van der Waals surface area contributed by atoms with Crippen LogP contribution in [0.15, 0.2) is 42.5 Å². The van der Waals surface area contributed by atoms with Crippen LogP contribution in [-0.4, -0.2) is 12.7 Å². The fourth-order valence-electron chi connectivity index (χ4n) is 3.30. The summed E-state index contributed by atoms with van der Waals surface area (Å²) in [6.45, 7) is 6.44.